The molecule has 0 saturated carbocycles. The lowest BCUT2D eigenvalue weighted by Crippen LogP contribution is -2.29. The lowest BCUT2D eigenvalue weighted by Gasteiger charge is -2.29. The molecule has 6 heteroatoms. The third kappa shape index (κ3) is 4.26. The van der Waals surface area contributed by atoms with Crippen LogP contribution in [0.1, 0.15) is 54.1 Å². The Morgan fingerprint density at radius 1 is 0.861 bits per heavy atom. The molecule has 36 heavy (non-hydrogen) atoms. The summed E-state index contributed by atoms with van der Waals surface area (Å²) < 4.78 is 8.23. The molecule has 5 nitrogen and oxygen atoms in total. The summed E-state index contributed by atoms with van der Waals surface area (Å²) >= 11 is 5.95. The summed E-state index contributed by atoms with van der Waals surface area (Å²) in [5, 5.41) is 4.28. The number of ether oxygens (including phenoxy) is 1. The predicted octanol–water partition coefficient (Wildman–Crippen LogP) is 6.76. The molecule has 3 heterocycles. The summed E-state index contributed by atoms with van der Waals surface area (Å²) in [5.74, 6) is 0.850. The van der Waals surface area contributed by atoms with Gasteiger partial charge in [0, 0.05) is 34.5 Å². The largest absolute Gasteiger partial charge is 0.491 e. The number of thiocarbonyl (C=S) groups is 1. The van der Waals surface area contributed by atoms with E-state index in [0.29, 0.717) is 5.11 Å². The molecule has 5 rings (SSSR count). The van der Waals surface area contributed by atoms with Crippen molar-refractivity contribution in [3.05, 3.63) is 107 Å². The van der Waals surface area contributed by atoms with Crippen LogP contribution in [0.2, 0.25) is 0 Å². The van der Waals surface area contributed by atoms with E-state index in [-0.39, 0.29) is 18.2 Å². The maximum atomic E-state index is 5.95. The second kappa shape index (κ2) is 9.78. The standard InChI is InChI=1S/C30H32N4OS/c1-19(2)35-25-16-14-24(15-17-25)34-29(28(32-30(34)36)26-13-9-10-18-31-26)27-20(3)21(4)33(22(27)5)23-11-7-6-8-12-23/h6-19,28-29H,1-5H3,(H,32,36)/t28-,29-/m0/s1. The second-order valence-corrected chi connectivity index (χ2v) is 9.92. The minimum atomic E-state index is -0.0892. The maximum Gasteiger partial charge on any atom is 0.174 e. The molecule has 1 fully saturated rings. The summed E-state index contributed by atoms with van der Waals surface area (Å²) in [5.41, 5.74) is 8.12. The van der Waals surface area contributed by atoms with Gasteiger partial charge >= 0.3 is 0 Å². The van der Waals surface area contributed by atoms with Crippen LogP contribution in [-0.2, 0) is 0 Å². The molecule has 4 aromatic rings. The van der Waals surface area contributed by atoms with Crippen LogP contribution in [0.4, 0.5) is 5.69 Å². The van der Waals surface area contributed by atoms with Crippen LogP contribution in [0.5, 0.6) is 5.75 Å². The average Bonchev–Trinajstić information content (AvgIpc) is 3.32. The molecule has 1 saturated heterocycles. The number of nitrogens with one attached hydrogen (secondary N) is 1. The third-order valence-corrected chi connectivity index (χ3v) is 7.22. The molecule has 1 N–H and O–H groups in total. The van der Waals surface area contributed by atoms with E-state index in [0.717, 1.165) is 22.8 Å². The first kappa shape index (κ1) is 24.1. The van der Waals surface area contributed by atoms with E-state index in [4.69, 9.17) is 21.9 Å². The fourth-order valence-corrected chi connectivity index (χ4v) is 5.64. The van der Waals surface area contributed by atoms with Crippen molar-refractivity contribution in [3.63, 3.8) is 0 Å². The lowest BCUT2D eigenvalue weighted by molar-refractivity contribution is 0.242. The Morgan fingerprint density at radius 2 is 1.56 bits per heavy atom. The smallest absolute Gasteiger partial charge is 0.174 e. The zero-order chi connectivity index (χ0) is 25.4. The predicted molar refractivity (Wildman–Crippen MR) is 150 cm³/mol. The van der Waals surface area contributed by atoms with Crippen LogP contribution in [0.15, 0.2) is 79.0 Å². The number of hydrogen-bond acceptors (Lipinski definition) is 3. The van der Waals surface area contributed by atoms with Crippen molar-refractivity contribution in [2.75, 3.05) is 4.90 Å². The van der Waals surface area contributed by atoms with Crippen molar-refractivity contribution < 1.29 is 4.74 Å². The summed E-state index contributed by atoms with van der Waals surface area (Å²) in [4.78, 5) is 6.95. The van der Waals surface area contributed by atoms with Gasteiger partial charge in [-0.05, 0) is 101 Å². The van der Waals surface area contributed by atoms with E-state index in [2.05, 4.69) is 84.1 Å². The topological polar surface area (TPSA) is 42.3 Å². The molecule has 0 radical (unpaired) electrons. The molecule has 2 atom stereocenters. The van der Waals surface area contributed by atoms with Gasteiger partial charge in [-0.1, -0.05) is 24.3 Å². The van der Waals surface area contributed by atoms with Gasteiger partial charge in [-0.3, -0.25) is 4.98 Å². The van der Waals surface area contributed by atoms with Crippen LogP contribution < -0.4 is 15.0 Å². The quantitative estimate of drug-likeness (QED) is 0.299. The number of nitrogens with zero attached hydrogens (tertiary/aromatic N) is 3. The van der Waals surface area contributed by atoms with Crippen LogP contribution in [0.25, 0.3) is 5.69 Å². The van der Waals surface area contributed by atoms with Crippen LogP contribution in [0.3, 0.4) is 0 Å². The van der Waals surface area contributed by atoms with E-state index in [1.165, 1.54) is 22.5 Å². The van der Waals surface area contributed by atoms with Crippen LogP contribution >= 0.6 is 12.2 Å². The number of hydrogen-bond donors (Lipinski definition) is 1. The van der Waals surface area contributed by atoms with Gasteiger partial charge in [-0.25, -0.2) is 0 Å². The van der Waals surface area contributed by atoms with Crippen molar-refractivity contribution >= 4 is 23.0 Å². The Labute approximate surface area is 218 Å². The van der Waals surface area contributed by atoms with Crippen molar-refractivity contribution in [2.24, 2.45) is 0 Å². The lowest BCUT2D eigenvalue weighted by atomic mass is 9.93. The summed E-state index contributed by atoms with van der Waals surface area (Å²) in [7, 11) is 0. The maximum absolute atomic E-state index is 5.95. The first-order valence-corrected chi connectivity index (χ1v) is 12.8. The van der Waals surface area contributed by atoms with E-state index < -0.39 is 0 Å². The average molecular weight is 497 g/mol. The van der Waals surface area contributed by atoms with Gasteiger partial charge in [-0.15, -0.1) is 0 Å². The monoisotopic (exact) mass is 496 g/mol. The fraction of sp³-hybridized carbons (Fsp3) is 0.267. The minimum absolute atomic E-state index is 0.0621. The highest BCUT2D eigenvalue weighted by atomic mass is 32.1. The number of anilines is 1. The Bertz CT molecular complexity index is 1360. The molecular formula is C30H32N4OS. The Balaban J connectivity index is 1.66. The first-order chi connectivity index (χ1) is 17.4. The van der Waals surface area contributed by atoms with Crippen molar-refractivity contribution in [3.8, 4) is 11.4 Å². The molecular weight excluding hydrogens is 464 g/mol. The molecule has 1 aliphatic rings. The second-order valence-electron chi connectivity index (χ2n) is 9.54. The van der Waals surface area contributed by atoms with Gasteiger partial charge in [0.2, 0.25) is 0 Å². The zero-order valence-electron chi connectivity index (χ0n) is 21.4. The number of pyridine rings is 1. The number of benzene rings is 2. The molecule has 0 aliphatic carbocycles. The van der Waals surface area contributed by atoms with Gasteiger partial charge in [-0.2, -0.15) is 0 Å². The van der Waals surface area contributed by atoms with Crippen molar-refractivity contribution in [1.82, 2.24) is 14.9 Å². The highest BCUT2D eigenvalue weighted by Gasteiger charge is 2.43. The molecule has 0 amide bonds. The molecule has 1 aliphatic heterocycles. The zero-order valence-corrected chi connectivity index (χ0v) is 22.2. The highest BCUT2D eigenvalue weighted by molar-refractivity contribution is 7.80. The third-order valence-electron chi connectivity index (χ3n) is 6.90. The molecule has 184 valence electrons. The van der Waals surface area contributed by atoms with E-state index >= 15 is 0 Å². The SMILES string of the molecule is Cc1c([C@H]2[C@H](c3ccccn3)NC(=S)N2c2ccc(OC(C)C)cc2)c(C)n(-c2ccccc2)c1C. The van der Waals surface area contributed by atoms with Gasteiger partial charge in [0.25, 0.3) is 0 Å². The number of aromatic nitrogens is 2. The molecule has 0 unspecified atom stereocenters. The first-order valence-electron chi connectivity index (χ1n) is 12.4. The molecule has 2 aromatic heterocycles. The van der Waals surface area contributed by atoms with E-state index in [1.807, 2.05) is 44.3 Å². The normalized spacial score (nSPS) is 17.5. The van der Waals surface area contributed by atoms with E-state index in [1.54, 1.807) is 0 Å². The van der Waals surface area contributed by atoms with Crippen molar-refractivity contribution in [1.29, 1.82) is 0 Å². The van der Waals surface area contributed by atoms with Gasteiger partial charge in [0.1, 0.15) is 5.75 Å². The summed E-state index contributed by atoms with van der Waals surface area (Å²) in [6.07, 6.45) is 1.97. The molecule has 0 bridgehead atoms. The molecule has 0 spiro atoms. The molecule has 2 aromatic carbocycles. The van der Waals surface area contributed by atoms with Gasteiger partial charge in [0.05, 0.1) is 23.9 Å². The Kier molecular flexibility index (Phi) is 6.54. The fourth-order valence-electron chi connectivity index (χ4n) is 5.29. The summed E-state index contributed by atoms with van der Waals surface area (Å²) in [6.45, 7) is 10.7. The van der Waals surface area contributed by atoms with Gasteiger partial charge < -0.3 is 19.5 Å². The highest BCUT2D eigenvalue weighted by Crippen LogP contribution is 2.45. The Morgan fingerprint density at radius 3 is 2.19 bits per heavy atom. The van der Waals surface area contributed by atoms with Crippen LogP contribution in [-0.4, -0.2) is 20.8 Å². The Hall–Kier alpha value is -3.64. The minimum Gasteiger partial charge on any atom is -0.491 e. The van der Waals surface area contributed by atoms with Crippen molar-refractivity contribution in [2.45, 2.75) is 52.8 Å². The number of para-hydroxylation sites is 1. The van der Waals surface area contributed by atoms with Gasteiger partial charge in [0.15, 0.2) is 5.11 Å². The number of rotatable bonds is 6. The van der Waals surface area contributed by atoms with E-state index in [9.17, 15) is 0 Å². The summed E-state index contributed by atoms with van der Waals surface area (Å²) in [6, 6.07) is 24.6. The van der Waals surface area contributed by atoms with Crippen LogP contribution in [0, 0.1) is 20.8 Å².